The Bertz CT molecular complexity index is 239. The predicted molar refractivity (Wildman–Crippen MR) is 53.9 cm³/mol. The summed E-state index contributed by atoms with van der Waals surface area (Å²) in [5.74, 6) is -0.0584. The zero-order chi connectivity index (χ0) is 11.2. The lowest BCUT2D eigenvalue weighted by atomic mass is 10.3. The largest absolute Gasteiger partial charge is 0.371 e. The van der Waals surface area contributed by atoms with E-state index in [1.807, 2.05) is 0 Å². The molecule has 0 radical (unpaired) electrons. The van der Waals surface area contributed by atoms with Gasteiger partial charge >= 0.3 is 8.25 Å². The second kappa shape index (κ2) is 6.09. The molecule has 0 N–H and O–H groups in total. The Morgan fingerprint density at radius 1 is 1.57 bits per heavy atom. The molecule has 0 bridgehead atoms. The molecule has 6 heteroatoms. The number of rotatable bonds is 7. The van der Waals surface area contributed by atoms with Crippen molar-refractivity contribution in [3.8, 4) is 0 Å². The number of hydrogen-bond acceptors (Lipinski definition) is 4. The highest BCUT2D eigenvalue weighted by Crippen LogP contribution is 2.26. The molecule has 0 saturated carbocycles. The van der Waals surface area contributed by atoms with E-state index in [1.165, 1.54) is 13.2 Å². The third kappa shape index (κ3) is 6.05. The number of carbonyl (C=O) groups is 1. The smallest absolute Gasteiger partial charge is 0.311 e. The number of quaternary nitrogens is 1. The van der Waals surface area contributed by atoms with E-state index in [2.05, 4.69) is 11.1 Å². The Hall–Kier alpha value is -0.480. The summed E-state index contributed by atoms with van der Waals surface area (Å²) in [6.07, 6.45) is 1.58. The van der Waals surface area contributed by atoms with Crippen LogP contribution in [0.4, 0.5) is 0 Å². The van der Waals surface area contributed by atoms with E-state index in [0.29, 0.717) is 13.0 Å². The Morgan fingerprint density at radius 3 is 2.57 bits per heavy atom. The molecular weight excluding hydrogens is 205 g/mol. The fourth-order valence-corrected chi connectivity index (χ4v) is 1.34. The summed E-state index contributed by atoms with van der Waals surface area (Å²) in [5, 5.41) is 0. The summed E-state index contributed by atoms with van der Waals surface area (Å²) in [5.41, 5.74) is 0. The molecule has 0 aromatic rings. The number of hydrogen-bond donors (Lipinski definition) is 0. The standard InChI is InChI=1S/C8H17NO4P/c1-5-8(10)6-7-9(2,3)13-14(11)12-4/h5,14H,1,6-7H2,2-4H3/q+1. The number of ketones is 1. The van der Waals surface area contributed by atoms with Gasteiger partial charge in [-0.15, -0.1) is 4.62 Å². The van der Waals surface area contributed by atoms with Gasteiger partial charge in [0.2, 0.25) is 0 Å². The molecular formula is C8H17NO4P+. The maximum atomic E-state index is 11.0. The lowest BCUT2D eigenvalue weighted by Crippen LogP contribution is -2.39. The van der Waals surface area contributed by atoms with E-state index < -0.39 is 8.25 Å². The lowest BCUT2D eigenvalue weighted by Gasteiger charge is -2.24. The second-order valence-electron chi connectivity index (χ2n) is 3.26. The van der Waals surface area contributed by atoms with Gasteiger partial charge in [0.15, 0.2) is 5.78 Å². The van der Waals surface area contributed by atoms with Crippen LogP contribution >= 0.6 is 8.25 Å². The molecule has 0 aromatic carbocycles. The summed E-state index contributed by atoms with van der Waals surface area (Å²) >= 11 is 0. The highest BCUT2D eigenvalue weighted by molar-refractivity contribution is 7.33. The molecule has 0 aromatic heterocycles. The molecule has 0 spiro atoms. The van der Waals surface area contributed by atoms with Crippen LogP contribution < -0.4 is 0 Å². The molecule has 0 aliphatic rings. The number of nitrogens with zero attached hydrogens (tertiary/aromatic N) is 1. The molecule has 5 nitrogen and oxygen atoms in total. The first-order chi connectivity index (χ1) is 6.41. The highest BCUT2D eigenvalue weighted by atomic mass is 31.1. The fraction of sp³-hybridized carbons (Fsp3) is 0.625. The van der Waals surface area contributed by atoms with Crippen molar-refractivity contribution >= 4 is 14.0 Å². The monoisotopic (exact) mass is 222 g/mol. The minimum absolute atomic E-state index is 0.0330. The molecule has 1 atom stereocenters. The first kappa shape index (κ1) is 13.5. The van der Waals surface area contributed by atoms with Crippen LogP contribution in [0.25, 0.3) is 0 Å². The van der Waals surface area contributed by atoms with Gasteiger partial charge in [0.1, 0.15) is 6.54 Å². The van der Waals surface area contributed by atoms with Gasteiger partial charge in [-0.2, -0.15) is 4.65 Å². The summed E-state index contributed by atoms with van der Waals surface area (Å²) in [6.45, 7) is 3.80. The average molecular weight is 222 g/mol. The molecule has 0 heterocycles. The van der Waals surface area contributed by atoms with Gasteiger partial charge in [0.05, 0.1) is 20.5 Å². The Labute approximate surface area is 84.8 Å². The van der Waals surface area contributed by atoms with Crippen molar-refractivity contribution in [3.63, 3.8) is 0 Å². The van der Waals surface area contributed by atoms with E-state index in [4.69, 9.17) is 4.62 Å². The zero-order valence-corrected chi connectivity index (χ0v) is 9.78. The van der Waals surface area contributed by atoms with E-state index in [9.17, 15) is 9.36 Å². The molecule has 0 aliphatic heterocycles. The van der Waals surface area contributed by atoms with Crippen LogP contribution in [0, 0.1) is 0 Å². The molecule has 0 amide bonds. The Balaban J connectivity index is 4.00. The molecule has 14 heavy (non-hydrogen) atoms. The van der Waals surface area contributed by atoms with Crippen molar-refractivity contribution < 1.29 is 23.2 Å². The van der Waals surface area contributed by atoms with Gasteiger partial charge in [-0.25, -0.2) is 0 Å². The van der Waals surface area contributed by atoms with Crippen LogP contribution in [0.1, 0.15) is 6.42 Å². The van der Waals surface area contributed by atoms with Crippen LogP contribution in [0.5, 0.6) is 0 Å². The number of hydroxylamine groups is 3. The quantitative estimate of drug-likeness (QED) is 0.281. The minimum atomic E-state index is -2.45. The van der Waals surface area contributed by atoms with Crippen molar-refractivity contribution in [2.45, 2.75) is 6.42 Å². The van der Waals surface area contributed by atoms with E-state index >= 15 is 0 Å². The van der Waals surface area contributed by atoms with Gasteiger partial charge in [0, 0.05) is 7.11 Å². The summed E-state index contributed by atoms with van der Waals surface area (Å²) in [6, 6.07) is 0. The highest BCUT2D eigenvalue weighted by Gasteiger charge is 2.21. The second-order valence-corrected chi connectivity index (χ2v) is 4.35. The van der Waals surface area contributed by atoms with Gasteiger partial charge in [-0.1, -0.05) is 6.58 Å². The maximum Gasteiger partial charge on any atom is 0.371 e. The predicted octanol–water partition coefficient (Wildman–Crippen LogP) is 1.18. The molecule has 1 unspecified atom stereocenters. The van der Waals surface area contributed by atoms with Crippen LogP contribution in [0.3, 0.4) is 0 Å². The molecule has 0 rings (SSSR count). The third-order valence-electron chi connectivity index (χ3n) is 1.61. The first-order valence-corrected chi connectivity index (χ1v) is 5.39. The van der Waals surface area contributed by atoms with E-state index in [0.717, 1.165) is 0 Å². The molecule has 82 valence electrons. The van der Waals surface area contributed by atoms with Crippen molar-refractivity contribution in [2.24, 2.45) is 0 Å². The molecule has 0 fully saturated rings. The van der Waals surface area contributed by atoms with Gasteiger partial charge in [0.25, 0.3) is 0 Å². The Kier molecular flexibility index (Phi) is 5.88. The normalized spacial score (nSPS) is 13.6. The summed E-state index contributed by atoms with van der Waals surface area (Å²) < 4.78 is 20.6. The molecule has 0 aliphatic carbocycles. The van der Waals surface area contributed by atoms with Crippen LogP contribution in [0.15, 0.2) is 12.7 Å². The van der Waals surface area contributed by atoms with Gasteiger partial charge < -0.3 is 4.52 Å². The average Bonchev–Trinajstić information content (AvgIpc) is 2.13. The summed E-state index contributed by atoms with van der Waals surface area (Å²) in [4.78, 5) is 10.9. The van der Waals surface area contributed by atoms with Crippen molar-refractivity contribution in [2.75, 3.05) is 27.7 Å². The topological polar surface area (TPSA) is 52.6 Å². The van der Waals surface area contributed by atoms with Crippen LogP contribution in [-0.4, -0.2) is 38.2 Å². The SMILES string of the molecule is C=CC(=O)CC[N+](C)(C)O[PH](=O)OC. The van der Waals surface area contributed by atoms with Crippen LogP contribution in [-0.2, 0) is 18.5 Å². The maximum absolute atomic E-state index is 11.0. The van der Waals surface area contributed by atoms with E-state index in [1.54, 1.807) is 14.1 Å². The number of carbonyl (C=O) groups excluding carboxylic acids is 1. The number of allylic oxidation sites excluding steroid dienone is 1. The van der Waals surface area contributed by atoms with Gasteiger partial charge in [-0.3, -0.25) is 9.36 Å². The lowest BCUT2D eigenvalue weighted by molar-refractivity contribution is -1.05. The van der Waals surface area contributed by atoms with Crippen LogP contribution in [0.2, 0.25) is 0 Å². The van der Waals surface area contributed by atoms with Crippen molar-refractivity contribution in [1.82, 2.24) is 0 Å². The Morgan fingerprint density at radius 2 is 2.14 bits per heavy atom. The first-order valence-electron chi connectivity index (χ1n) is 4.17. The van der Waals surface area contributed by atoms with Crippen molar-refractivity contribution in [3.05, 3.63) is 12.7 Å². The zero-order valence-electron chi connectivity index (χ0n) is 8.78. The van der Waals surface area contributed by atoms with Gasteiger partial charge in [-0.05, 0) is 6.08 Å². The third-order valence-corrected chi connectivity index (χ3v) is 2.59. The van der Waals surface area contributed by atoms with E-state index in [-0.39, 0.29) is 10.4 Å². The van der Waals surface area contributed by atoms with Crippen molar-refractivity contribution in [1.29, 1.82) is 0 Å². The fourth-order valence-electron chi connectivity index (χ4n) is 0.766. The summed E-state index contributed by atoms with van der Waals surface area (Å²) in [7, 11) is 2.27. The minimum Gasteiger partial charge on any atom is -0.311 e. The molecule has 0 saturated heterocycles.